The first-order valence-electron chi connectivity index (χ1n) is 6.11. The molecule has 1 aromatic heterocycles. The van der Waals surface area contributed by atoms with Crippen molar-refractivity contribution in [2.75, 3.05) is 19.8 Å². The average Bonchev–Trinajstić information content (AvgIpc) is 2.73. The highest BCUT2D eigenvalue weighted by atomic mass is 16.5. The Kier molecular flexibility index (Phi) is 2.65. The fraction of sp³-hybridized carbons (Fsp3) is 0.429. The van der Waals surface area contributed by atoms with Crippen LogP contribution in [0.15, 0.2) is 30.5 Å². The Morgan fingerprint density at radius 2 is 2.12 bits per heavy atom. The summed E-state index contributed by atoms with van der Waals surface area (Å²) in [6, 6.07) is 8.36. The van der Waals surface area contributed by atoms with Crippen LogP contribution < -0.4 is 0 Å². The van der Waals surface area contributed by atoms with E-state index in [0.717, 1.165) is 26.1 Å². The molecule has 3 rings (SSSR count). The lowest BCUT2D eigenvalue weighted by Crippen LogP contribution is -2.46. The number of hydrogen-bond donors (Lipinski definition) is 2. The molecule has 2 heterocycles. The SMILES string of the molecule is OCCCC1(c2c[nH]c3ccccc23)COC1. The van der Waals surface area contributed by atoms with Gasteiger partial charge >= 0.3 is 0 Å². The van der Waals surface area contributed by atoms with Crippen LogP contribution in [0.4, 0.5) is 0 Å². The molecule has 0 bridgehead atoms. The Morgan fingerprint density at radius 1 is 1.29 bits per heavy atom. The molecule has 0 aliphatic carbocycles. The zero-order valence-electron chi connectivity index (χ0n) is 9.78. The molecule has 0 unspecified atom stereocenters. The van der Waals surface area contributed by atoms with Crippen LogP contribution in [0, 0.1) is 0 Å². The van der Waals surface area contributed by atoms with Gasteiger partial charge in [-0.1, -0.05) is 18.2 Å². The number of fused-ring (bicyclic) bond motifs is 1. The fourth-order valence-electron chi connectivity index (χ4n) is 2.71. The molecule has 0 amide bonds. The zero-order valence-corrected chi connectivity index (χ0v) is 9.78. The van der Waals surface area contributed by atoms with E-state index in [-0.39, 0.29) is 12.0 Å². The van der Waals surface area contributed by atoms with Crippen molar-refractivity contribution in [1.29, 1.82) is 0 Å². The second kappa shape index (κ2) is 4.17. The molecular weight excluding hydrogens is 214 g/mol. The Hall–Kier alpha value is -1.32. The van der Waals surface area contributed by atoms with E-state index >= 15 is 0 Å². The van der Waals surface area contributed by atoms with Crippen molar-refractivity contribution < 1.29 is 9.84 Å². The summed E-state index contributed by atoms with van der Waals surface area (Å²) in [6.07, 6.45) is 3.93. The van der Waals surface area contributed by atoms with Crippen LogP contribution in [0.25, 0.3) is 10.9 Å². The minimum absolute atomic E-state index is 0.113. The van der Waals surface area contributed by atoms with Crippen molar-refractivity contribution in [2.45, 2.75) is 18.3 Å². The molecule has 0 atom stereocenters. The molecule has 1 aliphatic rings. The maximum Gasteiger partial charge on any atom is 0.0586 e. The van der Waals surface area contributed by atoms with Gasteiger partial charge in [0.2, 0.25) is 0 Å². The van der Waals surface area contributed by atoms with Crippen LogP contribution in [-0.2, 0) is 10.2 Å². The smallest absolute Gasteiger partial charge is 0.0586 e. The van der Waals surface area contributed by atoms with Crippen molar-refractivity contribution in [1.82, 2.24) is 4.98 Å². The third-order valence-electron chi connectivity index (χ3n) is 3.73. The number of hydrogen-bond acceptors (Lipinski definition) is 2. The second-order valence-electron chi connectivity index (χ2n) is 4.85. The number of H-pyrrole nitrogens is 1. The van der Waals surface area contributed by atoms with Crippen molar-refractivity contribution >= 4 is 10.9 Å². The molecule has 1 fully saturated rings. The molecule has 1 saturated heterocycles. The Balaban J connectivity index is 2.01. The summed E-state index contributed by atoms with van der Waals surface area (Å²) in [6.45, 7) is 1.80. The second-order valence-corrected chi connectivity index (χ2v) is 4.85. The number of aromatic nitrogens is 1. The molecule has 3 nitrogen and oxygen atoms in total. The minimum atomic E-state index is 0.113. The number of aliphatic hydroxyl groups excluding tert-OH is 1. The first kappa shape index (κ1) is 10.8. The summed E-state index contributed by atoms with van der Waals surface area (Å²) >= 11 is 0. The summed E-state index contributed by atoms with van der Waals surface area (Å²) in [7, 11) is 0. The lowest BCUT2D eigenvalue weighted by molar-refractivity contribution is -0.0657. The van der Waals surface area contributed by atoms with Crippen molar-refractivity contribution in [3.8, 4) is 0 Å². The van der Waals surface area contributed by atoms with Crippen LogP contribution in [0.2, 0.25) is 0 Å². The van der Waals surface area contributed by atoms with Gasteiger partial charge in [-0.2, -0.15) is 0 Å². The summed E-state index contributed by atoms with van der Waals surface area (Å²) in [5.74, 6) is 0. The summed E-state index contributed by atoms with van der Waals surface area (Å²) in [5.41, 5.74) is 2.63. The highest BCUT2D eigenvalue weighted by Gasteiger charge is 2.41. The fourth-order valence-corrected chi connectivity index (χ4v) is 2.71. The van der Waals surface area contributed by atoms with Gasteiger partial charge in [-0.05, 0) is 24.5 Å². The van der Waals surface area contributed by atoms with Crippen LogP contribution in [0.3, 0.4) is 0 Å². The van der Waals surface area contributed by atoms with E-state index in [0.29, 0.717) is 0 Å². The largest absolute Gasteiger partial charge is 0.396 e. The lowest BCUT2D eigenvalue weighted by Gasteiger charge is -2.41. The van der Waals surface area contributed by atoms with Gasteiger partial charge in [-0.15, -0.1) is 0 Å². The number of para-hydroxylation sites is 1. The standard InChI is InChI=1S/C14H17NO2/c16-7-3-6-14(9-17-10-14)12-8-15-13-5-2-1-4-11(12)13/h1-2,4-5,8,15-16H,3,6-7,9-10H2. The van der Waals surface area contributed by atoms with E-state index in [2.05, 4.69) is 29.4 Å². The van der Waals surface area contributed by atoms with E-state index < -0.39 is 0 Å². The highest BCUT2D eigenvalue weighted by molar-refractivity contribution is 5.84. The normalized spacial score (nSPS) is 18.2. The number of aromatic amines is 1. The average molecular weight is 231 g/mol. The molecule has 2 N–H and O–H groups in total. The van der Waals surface area contributed by atoms with E-state index in [9.17, 15) is 0 Å². The molecule has 1 aromatic carbocycles. The molecule has 1 aliphatic heterocycles. The Bertz CT molecular complexity index is 514. The van der Waals surface area contributed by atoms with Gasteiger partial charge in [-0.3, -0.25) is 0 Å². The van der Waals surface area contributed by atoms with Gasteiger partial charge in [0.05, 0.1) is 13.2 Å². The van der Waals surface area contributed by atoms with Gasteiger partial charge in [0.1, 0.15) is 0 Å². The monoisotopic (exact) mass is 231 g/mol. The zero-order chi connectivity index (χ0) is 11.7. The highest BCUT2D eigenvalue weighted by Crippen LogP contribution is 2.40. The van der Waals surface area contributed by atoms with Crippen LogP contribution in [-0.4, -0.2) is 29.9 Å². The van der Waals surface area contributed by atoms with Gasteiger partial charge in [0.25, 0.3) is 0 Å². The lowest BCUT2D eigenvalue weighted by atomic mass is 9.75. The summed E-state index contributed by atoms with van der Waals surface area (Å²) in [5, 5.41) is 10.3. The molecule has 2 aromatic rings. The summed E-state index contributed by atoms with van der Waals surface area (Å²) < 4.78 is 5.41. The van der Waals surface area contributed by atoms with E-state index in [1.807, 2.05) is 6.07 Å². The number of benzene rings is 1. The maximum absolute atomic E-state index is 9.01. The molecule has 0 radical (unpaired) electrons. The number of nitrogens with one attached hydrogen (secondary N) is 1. The molecule has 0 saturated carbocycles. The van der Waals surface area contributed by atoms with E-state index in [1.54, 1.807) is 0 Å². The van der Waals surface area contributed by atoms with Gasteiger partial charge in [0.15, 0.2) is 0 Å². The van der Waals surface area contributed by atoms with Crippen molar-refractivity contribution in [3.63, 3.8) is 0 Å². The number of ether oxygens (including phenoxy) is 1. The third-order valence-corrected chi connectivity index (χ3v) is 3.73. The topological polar surface area (TPSA) is 45.2 Å². The van der Waals surface area contributed by atoms with Crippen LogP contribution in [0.1, 0.15) is 18.4 Å². The van der Waals surface area contributed by atoms with Gasteiger partial charge in [-0.25, -0.2) is 0 Å². The number of aliphatic hydroxyl groups is 1. The quantitative estimate of drug-likeness (QED) is 0.847. The van der Waals surface area contributed by atoms with E-state index in [1.165, 1.54) is 16.5 Å². The molecule has 0 spiro atoms. The third kappa shape index (κ3) is 1.66. The predicted octanol–water partition coefficient (Wildman–Crippen LogP) is 2.21. The molecule has 3 heteroatoms. The molecule has 90 valence electrons. The minimum Gasteiger partial charge on any atom is -0.396 e. The molecule has 17 heavy (non-hydrogen) atoms. The van der Waals surface area contributed by atoms with Crippen molar-refractivity contribution in [3.05, 3.63) is 36.0 Å². The summed E-state index contributed by atoms with van der Waals surface area (Å²) in [4.78, 5) is 3.32. The van der Waals surface area contributed by atoms with Gasteiger partial charge in [0, 0.05) is 29.1 Å². The van der Waals surface area contributed by atoms with Gasteiger partial charge < -0.3 is 14.8 Å². The van der Waals surface area contributed by atoms with Crippen LogP contribution >= 0.6 is 0 Å². The van der Waals surface area contributed by atoms with Crippen LogP contribution in [0.5, 0.6) is 0 Å². The Morgan fingerprint density at radius 3 is 2.82 bits per heavy atom. The Labute approximate surface area is 100 Å². The maximum atomic E-state index is 9.01. The van der Waals surface area contributed by atoms with E-state index in [4.69, 9.17) is 9.84 Å². The predicted molar refractivity (Wildman–Crippen MR) is 67.1 cm³/mol. The number of rotatable bonds is 4. The first-order valence-corrected chi connectivity index (χ1v) is 6.11. The van der Waals surface area contributed by atoms with Crippen molar-refractivity contribution in [2.24, 2.45) is 0 Å². The molecular formula is C14H17NO2. The first-order chi connectivity index (χ1) is 8.36.